The van der Waals surface area contributed by atoms with Gasteiger partial charge in [0.15, 0.2) is 0 Å². The Kier molecular flexibility index (Phi) is 9.86. The highest BCUT2D eigenvalue weighted by Crippen LogP contribution is 2.05. The number of carbonyl (C=O) groups excluding carboxylic acids is 3. The van der Waals surface area contributed by atoms with Crippen LogP contribution in [0.5, 0.6) is 0 Å². The summed E-state index contributed by atoms with van der Waals surface area (Å²) in [5.41, 5.74) is 6.56. The second kappa shape index (κ2) is 12.6. The molecule has 0 radical (unpaired) electrons. The Labute approximate surface area is 199 Å². The first-order valence-corrected chi connectivity index (χ1v) is 10.7. The highest BCUT2D eigenvalue weighted by molar-refractivity contribution is 5.94. The Morgan fingerprint density at radius 3 is 1.80 bits per heavy atom. The van der Waals surface area contributed by atoms with E-state index < -0.39 is 60.1 Å². The van der Waals surface area contributed by atoms with Gasteiger partial charge in [0.05, 0.1) is 24.9 Å². The molecule has 15 nitrogen and oxygen atoms in total. The standard InChI is InChI=1S/C20H30N8O7/c1-9(29)15(21)18(32)26-13(3-11-5-22-7-24-11)17(31)28-16(10(2)30)19(33)27-14(20(34)35)4-12-6-23-8-25-12/h5-10,13-16,29-30H,3-4,21H2,1-2H3,(H,22,24)(H,23,25)(H,26,32)(H,27,33)(H,28,31)(H,34,35). The maximum atomic E-state index is 13.0. The molecule has 3 amide bonds. The van der Waals surface area contributed by atoms with Crippen LogP contribution in [0.15, 0.2) is 25.0 Å². The van der Waals surface area contributed by atoms with E-state index >= 15 is 0 Å². The van der Waals surface area contributed by atoms with Gasteiger partial charge in [-0.2, -0.15) is 0 Å². The second-order valence-corrected chi connectivity index (χ2v) is 8.02. The van der Waals surface area contributed by atoms with Crippen LogP contribution < -0.4 is 21.7 Å². The lowest BCUT2D eigenvalue weighted by Gasteiger charge is -2.26. The molecule has 0 aliphatic carbocycles. The first-order chi connectivity index (χ1) is 16.5. The molecular weight excluding hydrogens is 464 g/mol. The van der Waals surface area contributed by atoms with E-state index in [-0.39, 0.29) is 12.8 Å². The van der Waals surface area contributed by atoms with E-state index in [9.17, 15) is 34.5 Å². The number of hydrogen-bond acceptors (Lipinski definition) is 9. The van der Waals surface area contributed by atoms with Crippen LogP contribution in [0.3, 0.4) is 0 Å². The number of amides is 3. The summed E-state index contributed by atoms with van der Waals surface area (Å²) in [6, 6.07) is -5.49. The topological polar surface area (TPSA) is 248 Å². The number of aromatic nitrogens is 4. The van der Waals surface area contributed by atoms with Gasteiger partial charge in [0.25, 0.3) is 0 Å². The minimum atomic E-state index is -1.54. The smallest absolute Gasteiger partial charge is 0.326 e. The molecule has 35 heavy (non-hydrogen) atoms. The fourth-order valence-electron chi connectivity index (χ4n) is 3.05. The molecule has 192 valence electrons. The van der Waals surface area contributed by atoms with Gasteiger partial charge in [-0.25, -0.2) is 14.8 Å². The quantitative estimate of drug-likeness (QED) is 0.133. The SMILES string of the molecule is CC(O)C(N)C(=O)NC(Cc1cnc[nH]1)C(=O)NC(C(=O)NC(Cc1cnc[nH]1)C(=O)O)C(C)O. The number of nitrogens with zero attached hydrogens (tertiary/aromatic N) is 2. The van der Waals surface area contributed by atoms with E-state index in [0.717, 1.165) is 0 Å². The maximum Gasteiger partial charge on any atom is 0.326 e. The highest BCUT2D eigenvalue weighted by atomic mass is 16.4. The molecule has 0 bridgehead atoms. The van der Waals surface area contributed by atoms with Crippen LogP contribution in [0.25, 0.3) is 0 Å². The van der Waals surface area contributed by atoms with Gasteiger partial charge in [0.2, 0.25) is 17.7 Å². The van der Waals surface area contributed by atoms with E-state index in [1.807, 2.05) is 0 Å². The number of carboxylic acids is 1. The van der Waals surface area contributed by atoms with Crippen LogP contribution in [0.1, 0.15) is 25.2 Å². The summed E-state index contributed by atoms with van der Waals surface area (Å²) in [7, 11) is 0. The normalized spacial score (nSPS) is 16.3. The molecule has 15 heteroatoms. The lowest BCUT2D eigenvalue weighted by Crippen LogP contribution is -2.61. The van der Waals surface area contributed by atoms with Crippen molar-refractivity contribution in [3.05, 3.63) is 36.4 Å². The van der Waals surface area contributed by atoms with Crippen molar-refractivity contribution in [3.8, 4) is 0 Å². The molecule has 2 aromatic rings. The third kappa shape index (κ3) is 8.16. The molecule has 2 aromatic heterocycles. The van der Waals surface area contributed by atoms with Crippen LogP contribution >= 0.6 is 0 Å². The van der Waals surface area contributed by atoms with Gasteiger partial charge in [-0.05, 0) is 13.8 Å². The summed E-state index contributed by atoms with van der Waals surface area (Å²) in [5.74, 6) is -3.96. The minimum absolute atomic E-state index is 0.0736. The van der Waals surface area contributed by atoms with Gasteiger partial charge in [-0.1, -0.05) is 0 Å². The molecule has 2 rings (SSSR count). The Bertz CT molecular complexity index is 978. The summed E-state index contributed by atoms with van der Waals surface area (Å²) >= 11 is 0. The maximum absolute atomic E-state index is 13.0. The number of rotatable bonds is 13. The summed E-state index contributed by atoms with van der Waals surface area (Å²) in [4.78, 5) is 62.9. The molecule has 10 N–H and O–H groups in total. The van der Waals surface area contributed by atoms with Crippen molar-refractivity contribution < 1.29 is 34.5 Å². The third-order valence-corrected chi connectivity index (χ3v) is 5.09. The van der Waals surface area contributed by atoms with Crippen LogP contribution in [-0.2, 0) is 32.0 Å². The number of aromatic amines is 2. The van der Waals surface area contributed by atoms with E-state index in [1.54, 1.807) is 0 Å². The Balaban J connectivity index is 2.15. The zero-order chi connectivity index (χ0) is 26.1. The fraction of sp³-hybridized carbons (Fsp3) is 0.500. The van der Waals surface area contributed by atoms with E-state index in [1.165, 1.54) is 38.9 Å². The van der Waals surface area contributed by atoms with Crippen molar-refractivity contribution in [2.24, 2.45) is 5.73 Å². The van der Waals surface area contributed by atoms with Gasteiger partial charge in [-0.3, -0.25) is 14.4 Å². The summed E-state index contributed by atoms with van der Waals surface area (Å²) in [6.45, 7) is 2.55. The number of H-pyrrole nitrogens is 2. The number of aliphatic carboxylic acids is 1. The monoisotopic (exact) mass is 494 g/mol. The largest absolute Gasteiger partial charge is 0.480 e. The highest BCUT2D eigenvalue weighted by Gasteiger charge is 2.33. The number of hydrogen-bond donors (Lipinski definition) is 9. The molecule has 0 aromatic carbocycles. The van der Waals surface area contributed by atoms with Gasteiger partial charge < -0.3 is 47.0 Å². The average Bonchev–Trinajstić information content (AvgIpc) is 3.49. The number of carbonyl (C=O) groups is 4. The molecule has 6 unspecified atom stereocenters. The number of aliphatic hydroxyl groups excluding tert-OH is 2. The third-order valence-electron chi connectivity index (χ3n) is 5.09. The zero-order valence-corrected chi connectivity index (χ0v) is 19.1. The number of imidazole rings is 2. The molecule has 0 spiro atoms. The van der Waals surface area contributed by atoms with E-state index in [2.05, 4.69) is 35.9 Å². The summed E-state index contributed by atoms with van der Waals surface area (Å²) in [6.07, 6.45) is 2.75. The minimum Gasteiger partial charge on any atom is -0.480 e. The predicted molar refractivity (Wildman–Crippen MR) is 119 cm³/mol. The van der Waals surface area contributed by atoms with E-state index in [4.69, 9.17) is 5.73 Å². The van der Waals surface area contributed by atoms with Crippen molar-refractivity contribution in [1.82, 2.24) is 35.9 Å². The van der Waals surface area contributed by atoms with Crippen LogP contribution in [0, 0.1) is 0 Å². The number of carboxylic acid groups (broad SMARTS) is 1. The second-order valence-electron chi connectivity index (χ2n) is 8.02. The average molecular weight is 495 g/mol. The number of aliphatic hydroxyl groups is 2. The van der Waals surface area contributed by atoms with Crippen LogP contribution in [0.4, 0.5) is 0 Å². The Hall–Kier alpha value is -3.82. The molecule has 0 fully saturated rings. The first kappa shape index (κ1) is 27.4. The van der Waals surface area contributed by atoms with Crippen molar-refractivity contribution >= 4 is 23.7 Å². The predicted octanol–water partition coefficient (Wildman–Crippen LogP) is -3.45. The van der Waals surface area contributed by atoms with Crippen molar-refractivity contribution in [2.45, 2.75) is 63.1 Å². The summed E-state index contributed by atoms with van der Waals surface area (Å²) in [5, 5.41) is 36.2. The molecular formula is C20H30N8O7. The Morgan fingerprint density at radius 2 is 1.37 bits per heavy atom. The summed E-state index contributed by atoms with van der Waals surface area (Å²) < 4.78 is 0. The van der Waals surface area contributed by atoms with Crippen LogP contribution in [-0.4, -0.2) is 95.3 Å². The molecule has 0 saturated carbocycles. The van der Waals surface area contributed by atoms with Gasteiger partial charge >= 0.3 is 5.97 Å². The molecule has 2 heterocycles. The molecule has 0 aliphatic heterocycles. The lowest BCUT2D eigenvalue weighted by atomic mass is 10.1. The van der Waals surface area contributed by atoms with Crippen molar-refractivity contribution in [2.75, 3.05) is 0 Å². The number of nitrogens with two attached hydrogens (primary N) is 1. The first-order valence-electron chi connectivity index (χ1n) is 10.7. The number of nitrogens with one attached hydrogen (secondary N) is 5. The Morgan fingerprint density at radius 1 is 0.857 bits per heavy atom. The van der Waals surface area contributed by atoms with Crippen LogP contribution in [0.2, 0.25) is 0 Å². The molecule has 0 saturated heterocycles. The van der Waals surface area contributed by atoms with Gasteiger partial charge in [0, 0.05) is 36.6 Å². The zero-order valence-electron chi connectivity index (χ0n) is 19.1. The van der Waals surface area contributed by atoms with Gasteiger partial charge in [-0.15, -0.1) is 0 Å². The van der Waals surface area contributed by atoms with E-state index in [0.29, 0.717) is 11.4 Å². The molecule has 0 aliphatic rings. The van der Waals surface area contributed by atoms with Gasteiger partial charge in [0.1, 0.15) is 24.2 Å². The van der Waals surface area contributed by atoms with Crippen molar-refractivity contribution in [3.63, 3.8) is 0 Å². The van der Waals surface area contributed by atoms with Crippen molar-refractivity contribution in [1.29, 1.82) is 0 Å². The fourth-order valence-corrected chi connectivity index (χ4v) is 3.05. The lowest BCUT2D eigenvalue weighted by molar-refractivity contribution is -0.143. The molecule has 6 atom stereocenters.